The van der Waals surface area contributed by atoms with Gasteiger partial charge in [-0.3, -0.25) is 0 Å². The molecule has 1 heterocycles. The molecule has 0 radical (unpaired) electrons. The SMILES string of the molecule is CNCC1CCN(c2c(F)cc(Br)cc2F)C1. The zero-order valence-electron chi connectivity index (χ0n) is 9.64. The van der Waals surface area contributed by atoms with E-state index in [9.17, 15) is 8.78 Å². The fourth-order valence-corrected chi connectivity index (χ4v) is 2.73. The molecule has 1 aromatic rings. The summed E-state index contributed by atoms with van der Waals surface area (Å²) in [7, 11) is 1.89. The van der Waals surface area contributed by atoms with Gasteiger partial charge in [-0.15, -0.1) is 0 Å². The summed E-state index contributed by atoms with van der Waals surface area (Å²) >= 11 is 3.08. The molecule has 1 aromatic carbocycles. The van der Waals surface area contributed by atoms with Gasteiger partial charge in [0, 0.05) is 17.6 Å². The van der Waals surface area contributed by atoms with E-state index in [0.29, 0.717) is 23.5 Å². The summed E-state index contributed by atoms with van der Waals surface area (Å²) in [4.78, 5) is 1.79. The molecule has 17 heavy (non-hydrogen) atoms. The Hall–Kier alpha value is -0.680. The molecule has 94 valence electrons. The molecule has 1 fully saturated rings. The Morgan fingerprint density at radius 3 is 2.65 bits per heavy atom. The van der Waals surface area contributed by atoms with Crippen LogP contribution < -0.4 is 10.2 Å². The van der Waals surface area contributed by atoms with E-state index >= 15 is 0 Å². The maximum Gasteiger partial charge on any atom is 0.150 e. The Kier molecular flexibility index (Phi) is 3.99. The van der Waals surface area contributed by atoms with Crippen molar-refractivity contribution in [3.05, 3.63) is 28.2 Å². The van der Waals surface area contributed by atoms with Crippen LogP contribution in [0.2, 0.25) is 0 Å². The molecule has 1 aliphatic rings. The summed E-state index contributed by atoms with van der Waals surface area (Å²) in [6, 6.07) is 2.62. The Labute approximate surface area is 108 Å². The molecule has 0 spiro atoms. The summed E-state index contributed by atoms with van der Waals surface area (Å²) in [6.07, 6.45) is 0.968. The van der Waals surface area contributed by atoms with E-state index in [2.05, 4.69) is 21.2 Å². The number of hydrogen-bond acceptors (Lipinski definition) is 2. The first-order valence-corrected chi connectivity index (χ1v) is 6.45. The van der Waals surface area contributed by atoms with Gasteiger partial charge in [0.05, 0.1) is 0 Å². The van der Waals surface area contributed by atoms with Crippen molar-refractivity contribution in [2.24, 2.45) is 5.92 Å². The van der Waals surface area contributed by atoms with Crippen molar-refractivity contribution in [3.63, 3.8) is 0 Å². The Morgan fingerprint density at radius 1 is 1.41 bits per heavy atom. The van der Waals surface area contributed by atoms with Crippen LogP contribution in [0.5, 0.6) is 0 Å². The Bertz CT molecular complexity index is 388. The first-order chi connectivity index (χ1) is 8.11. The molecule has 2 rings (SSSR count). The largest absolute Gasteiger partial charge is 0.366 e. The Morgan fingerprint density at radius 2 is 2.06 bits per heavy atom. The molecule has 1 unspecified atom stereocenters. The summed E-state index contributed by atoms with van der Waals surface area (Å²) in [5, 5.41) is 3.10. The number of anilines is 1. The van der Waals surface area contributed by atoms with Crippen LogP contribution in [0.15, 0.2) is 16.6 Å². The van der Waals surface area contributed by atoms with Crippen molar-refractivity contribution in [2.75, 3.05) is 31.6 Å². The number of benzene rings is 1. The van der Waals surface area contributed by atoms with Crippen molar-refractivity contribution in [2.45, 2.75) is 6.42 Å². The normalized spacial score (nSPS) is 20.0. The maximum absolute atomic E-state index is 13.7. The third-order valence-electron chi connectivity index (χ3n) is 3.08. The minimum absolute atomic E-state index is 0.104. The fraction of sp³-hybridized carbons (Fsp3) is 0.500. The molecule has 0 saturated carbocycles. The van der Waals surface area contributed by atoms with E-state index in [1.165, 1.54) is 12.1 Å². The minimum atomic E-state index is -0.498. The highest BCUT2D eigenvalue weighted by molar-refractivity contribution is 9.10. The average molecular weight is 305 g/mol. The molecule has 0 bridgehead atoms. The molecule has 0 amide bonds. The number of rotatable bonds is 3. The lowest BCUT2D eigenvalue weighted by Gasteiger charge is -2.20. The number of nitrogens with one attached hydrogen (secondary N) is 1. The maximum atomic E-state index is 13.7. The van der Waals surface area contributed by atoms with Gasteiger partial charge < -0.3 is 10.2 Å². The quantitative estimate of drug-likeness (QED) is 0.924. The van der Waals surface area contributed by atoms with Gasteiger partial charge in [0.1, 0.15) is 5.69 Å². The van der Waals surface area contributed by atoms with E-state index in [-0.39, 0.29) is 5.69 Å². The van der Waals surface area contributed by atoms with Crippen molar-refractivity contribution in [1.82, 2.24) is 5.32 Å². The zero-order chi connectivity index (χ0) is 12.4. The predicted octanol–water partition coefficient (Wildman–Crippen LogP) is 2.77. The number of halogens is 3. The van der Waals surface area contributed by atoms with Gasteiger partial charge in [0.15, 0.2) is 11.6 Å². The van der Waals surface area contributed by atoms with E-state index in [4.69, 9.17) is 0 Å². The van der Waals surface area contributed by atoms with E-state index in [1.807, 2.05) is 7.05 Å². The van der Waals surface area contributed by atoms with Crippen LogP contribution in [0.25, 0.3) is 0 Å². The third-order valence-corrected chi connectivity index (χ3v) is 3.53. The average Bonchev–Trinajstić information content (AvgIpc) is 2.65. The second-order valence-electron chi connectivity index (χ2n) is 4.38. The highest BCUT2D eigenvalue weighted by atomic mass is 79.9. The summed E-state index contributed by atoms with van der Waals surface area (Å²) in [5.74, 6) is -0.536. The van der Waals surface area contributed by atoms with Crippen LogP contribution in [0, 0.1) is 17.6 Å². The first kappa shape index (κ1) is 12.8. The lowest BCUT2D eigenvalue weighted by molar-refractivity contribution is 0.543. The Balaban J connectivity index is 2.19. The molecule has 1 atom stereocenters. The van der Waals surface area contributed by atoms with Crippen LogP contribution in [-0.4, -0.2) is 26.7 Å². The van der Waals surface area contributed by atoms with Crippen LogP contribution in [0.1, 0.15) is 6.42 Å². The number of hydrogen-bond donors (Lipinski definition) is 1. The van der Waals surface area contributed by atoms with Gasteiger partial charge >= 0.3 is 0 Å². The second kappa shape index (κ2) is 5.31. The first-order valence-electron chi connectivity index (χ1n) is 5.66. The molecular formula is C12H15BrF2N2. The van der Waals surface area contributed by atoms with Crippen molar-refractivity contribution < 1.29 is 8.78 Å². The monoisotopic (exact) mass is 304 g/mol. The fourth-order valence-electron chi connectivity index (χ4n) is 2.33. The van der Waals surface area contributed by atoms with Crippen LogP contribution in [0.3, 0.4) is 0 Å². The topological polar surface area (TPSA) is 15.3 Å². The molecule has 0 aromatic heterocycles. The molecule has 2 nitrogen and oxygen atoms in total. The van der Waals surface area contributed by atoms with Gasteiger partial charge in [-0.25, -0.2) is 8.78 Å². The highest BCUT2D eigenvalue weighted by Crippen LogP contribution is 2.31. The minimum Gasteiger partial charge on any atom is -0.366 e. The van der Waals surface area contributed by atoms with Crippen LogP contribution >= 0.6 is 15.9 Å². The van der Waals surface area contributed by atoms with Crippen LogP contribution in [-0.2, 0) is 0 Å². The van der Waals surface area contributed by atoms with E-state index in [1.54, 1.807) is 4.90 Å². The van der Waals surface area contributed by atoms with Gasteiger partial charge in [-0.2, -0.15) is 0 Å². The van der Waals surface area contributed by atoms with Crippen LogP contribution in [0.4, 0.5) is 14.5 Å². The molecular weight excluding hydrogens is 290 g/mol. The second-order valence-corrected chi connectivity index (χ2v) is 5.29. The summed E-state index contributed by atoms with van der Waals surface area (Å²) < 4.78 is 27.9. The molecule has 1 saturated heterocycles. The molecule has 5 heteroatoms. The number of nitrogens with zero attached hydrogens (tertiary/aromatic N) is 1. The lowest BCUT2D eigenvalue weighted by atomic mass is 10.1. The highest BCUT2D eigenvalue weighted by Gasteiger charge is 2.26. The summed E-state index contributed by atoms with van der Waals surface area (Å²) in [6.45, 7) is 2.30. The van der Waals surface area contributed by atoms with Crippen molar-refractivity contribution in [1.29, 1.82) is 0 Å². The van der Waals surface area contributed by atoms with E-state index in [0.717, 1.165) is 13.0 Å². The third kappa shape index (κ3) is 2.77. The smallest absolute Gasteiger partial charge is 0.150 e. The zero-order valence-corrected chi connectivity index (χ0v) is 11.2. The summed E-state index contributed by atoms with van der Waals surface area (Å²) in [5.41, 5.74) is 0.104. The van der Waals surface area contributed by atoms with Gasteiger partial charge in [-0.05, 0) is 38.1 Å². The standard InChI is InChI=1S/C12H15BrF2N2/c1-16-6-8-2-3-17(7-8)12-10(14)4-9(13)5-11(12)15/h4-5,8,16H,2-3,6-7H2,1H3. The molecule has 1 aliphatic heterocycles. The van der Waals surface area contributed by atoms with Crippen molar-refractivity contribution in [3.8, 4) is 0 Å². The molecule has 1 N–H and O–H groups in total. The van der Waals surface area contributed by atoms with Crippen molar-refractivity contribution >= 4 is 21.6 Å². The lowest BCUT2D eigenvalue weighted by Crippen LogP contribution is -2.25. The van der Waals surface area contributed by atoms with Gasteiger partial charge in [0.25, 0.3) is 0 Å². The predicted molar refractivity (Wildman–Crippen MR) is 68.3 cm³/mol. The van der Waals surface area contributed by atoms with Gasteiger partial charge in [-0.1, -0.05) is 15.9 Å². The van der Waals surface area contributed by atoms with Gasteiger partial charge in [0.2, 0.25) is 0 Å². The van der Waals surface area contributed by atoms with E-state index < -0.39 is 11.6 Å². The molecule has 0 aliphatic carbocycles.